The Labute approximate surface area is 159 Å². The first kappa shape index (κ1) is 17.5. The zero-order chi connectivity index (χ0) is 18.0. The van der Waals surface area contributed by atoms with E-state index in [-0.39, 0.29) is 5.11 Å². The highest BCUT2D eigenvalue weighted by Gasteiger charge is 2.38. The largest absolute Gasteiger partial charge is 0.301 e. The second-order valence-corrected chi connectivity index (χ2v) is 6.45. The van der Waals surface area contributed by atoms with Crippen LogP contribution < -0.4 is 10.2 Å². The summed E-state index contributed by atoms with van der Waals surface area (Å²) in [5.41, 5.74) is 1.01. The fraction of sp³-hybridized carbons (Fsp3) is 0.0588. The van der Waals surface area contributed by atoms with Gasteiger partial charge in [-0.2, -0.15) is 0 Å². The van der Waals surface area contributed by atoms with Gasteiger partial charge in [0.05, 0.1) is 11.4 Å². The van der Waals surface area contributed by atoms with E-state index >= 15 is 0 Å². The maximum atomic E-state index is 12.8. The average molecular weight is 392 g/mol. The molecule has 25 heavy (non-hydrogen) atoms. The number of benzene rings is 2. The predicted octanol–water partition coefficient (Wildman–Crippen LogP) is 3.76. The zero-order valence-electron chi connectivity index (χ0n) is 12.6. The molecule has 1 aliphatic rings. The molecule has 5 nitrogen and oxygen atoms in total. The average Bonchev–Trinajstić information content (AvgIpc) is 2.54. The van der Waals surface area contributed by atoms with Crippen LogP contribution in [0.25, 0.3) is 0 Å². The number of carbonyl (C=O) groups excluding carboxylic acids is 2. The van der Waals surface area contributed by atoms with Gasteiger partial charge in [0.1, 0.15) is 0 Å². The highest BCUT2D eigenvalue weighted by molar-refractivity contribution is 7.80. The minimum absolute atomic E-state index is 0.0299. The molecular formula is C17H11Cl2N3O2S. The lowest BCUT2D eigenvalue weighted by atomic mass is 10.1. The molecule has 2 aromatic rings. The number of thiocarbonyl (C=S) groups is 1. The highest BCUT2D eigenvalue weighted by Crippen LogP contribution is 2.28. The summed E-state index contributed by atoms with van der Waals surface area (Å²) in [6.07, 6.45) is 1.30. The van der Waals surface area contributed by atoms with Crippen molar-refractivity contribution in [2.75, 3.05) is 4.90 Å². The molecule has 1 aliphatic heterocycles. The number of carbonyl (C=O) groups is 2. The molecule has 3 rings (SSSR count). The Hall–Kier alpha value is -2.28. The number of hydrogen-bond acceptors (Lipinski definition) is 4. The van der Waals surface area contributed by atoms with Crippen molar-refractivity contribution in [3.8, 4) is 0 Å². The molecular weight excluding hydrogens is 381 g/mol. The third kappa shape index (κ3) is 3.87. The van der Waals surface area contributed by atoms with Crippen molar-refractivity contribution in [3.05, 3.63) is 58.6 Å². The van der Waals surface area contributed by atoms with Crippen molar-refractivity contribution in [3.63, 3.8) is 0 Å². The van der Waals surface area contributed by atoms with Crippen molar-refractivity contribution in [2.24, 2.45) is 10.9 Å². The molecule has 0 spiro atoms. The molecule has 0 aromatic heterocycles. The van der Waals surface area contributed by atoms with Gasteiger partial charge in [-0.3, -0.25) is 19.5 Å². The van der Waals surface area contributed by atoms with E-state index in [9.17, 15) is 9.59 Å². The van der Waals surface area contributed by atoms with E-state index in [1.807, 2.05) is 18.2 Å². The van der Waals surface area contributed by atoms with Gasteiger partial charge in [-0.25, -0.2) is 0 Å². The van der Waals surface area contributed by atoms with Crippen LogP contribution in [0.15, 0.2) is 53.5 Å². The van der Waals surface area contributed by atoms with E-state index in [0.717, 1.165) is 0 Å². The SMILES string of the molecule is O=C1NC(=S)N(c2cc(Cl)cc(Cl)c2)C(=O)C1C=Nc1ccccc1. The second kappa shape index (κ2) is 7.31. The minimum Gasteiger partial charge on any atom is -0.301 e. The third-order valence-corrected chi connectivity index (χ3v) is 4.16. The van der Waals surface area contributed by atoms with Crippen molar-refractivity contribution in [1.29, 1.82) is 0 Å². The molecule has 1 atom stereocenters. The van der Waals surface area contributed by atoms with E-state index in [0.29, 0.717) is 21.4 Å². The first-order valence-corrected chi connectivity index (χ1v) is 8.36. The number of anilines is 1. The Morgan fingerprint density at radius 3 is 2.36 bits per heavy atom. The normalized spacial score (nSPS) is 17.9. The molecule has 0 saturated carbocycles. The van der Waals surface area contributed by atoms with E-state index in [1.54, 1.807) is 24.3 Å². The van der Waals surface area contributed by atoms with Crippen LogP contribution in [0.4, 0.5) is 11.4 Å². The van der Waals surface area contributed by atoms with Crippen LogP contribution in [-0.4, -0.2) is 23.1 Å². The van der Waals surface area contributed by atoms with E-state index in [4.69, 9.17) is 35.4 Å². The molecule has 0 bridgehead atoms. The summed E-state index contributed by atoms with van der Waals surface area (Å²) in [4.78, 5) is 30.3. The number of amides is 2. The summed E-state index contributed by atoms with van der Waals surface area (Å²) in [6.45, 7) is 0. The van der Waals surface area contributed by atoms with Crippen LogP contribution in [0.3, 0.4) is 0 Å². The number of rotatable bonds is 3. The molecule has 2 amide bonds. The van der Waals surface area contributed by atoms with Gasteiger partial charge in [-0.1, -0.05) is 41.4 Å². The van der Waals surface area contributed by atoms with Gasteiger partial charge in [0.25, 0.3) is 5.91 Å². The molecule has 2 aromatic carbocycles. The van der Waals surface area contributed by atoms with Gasteiger partial charge < -0.3 is 5.32 Å². The Bertz CT molecular complexity index is 866. The molecule has 1 fully saturated rings. The van der Waals surface area contributed by atoms with Crippen molar-refractivity contribution < 1.29 is 9.59 Å². The van der Waals surface area contributed by atoms with Gasteiger partial charge >= 0.3 is 0 Å². The lowest BCUT2D eigenvalue weighted by molar-refractivity contribution is -0.130. The Balaban J connectivity index is 1.93. The monoisotopic (exact) mass is 391 g/mol. The van der Waals surface area contributed by atoms with Gasteiger partial charge in [0, 0.05) is 16.3 Å². The van der Waals surface area contributed by atoms with Gasteiger partial charge in [-0.15, -0.1) is 0 Å². The van der Waals surface area contributed by atoms with Crippen LogP contribution in [0.1, 0.15) is 0 Å². The second-order valence-electron chi connectivity index (χ2n) is 5.19. The standard InChI is InChI=1S/C17H11Cl2N3O2S/c18-10-6-11(19)8-13(7-10)22-16(24)14(15(23)21-17(22)25)9-20-12-4-2-1-3-5-12/h1-9,14H,(H,21,23,25). The fourth-order valence-corrected chi connectivity index (χ4v) is 3.12. The summed E-state index contributed by atoms with van der Waals surface area (Å²) in [6, 6.07) is 13.6. The van der Waals surface area contributed by atoms with Crippen molar-refractivity contribution in [1.82, 2.24) is 5.32 Å². The van der Waals surface area contributed by atoms with Crippen LogP contribution in [0, 0.1) is 5.92 Å². The number of nitrogens with one attached hydrogen (secondary N) is 1. The van der Waals surface area contributed by atoms with Crippen LogP contribution in [0.5, 0.6) is 0 Å². The molecule has 8 heteroatoms. The van der Waals surface area contributed by atoms with E-state index in [1.165, 1.54) is 17.2 Å². The summed E-state index contributed by atoms with van der Waals surface area (Å²) < 4.78 is 0. The third-order valence-electron chi connectivity index (χ3n) is 3.44. The molecule has 1 saturated heterocycles. The summed E-state index contributed by atoms with van der Waals surface area (Å²) >= 11 is 17.1. The molecule has 1 N–H and O–H groups in total. The van der Waals surface area contributed by atoms with Gasteiger partial charge in [0.15, 0.2) is 11.0 Å². The van der Waals surface area contributed by atoms with Crippen molar-refractivity contribution >= 4 is 69.9 Å². The molecule has 126 valence electrons. The van der Waals surface area contributed by atoms with Crippen LogP contribution in [-0.2, 0) is 9.59 Å². The minimum atomic E-state index is -1.11. The first-order chi connectivity index (χ1) is 12.0. The van der Waals surface area contributed by atoms with Gasteiger partial charge in [-0.05, 0) is 42.5 Å². The lowest BCUT2D eigenvalue weighted by Gasteiger charge is -2.31. The molecule has 0 radical (unpaired) electrons. The highest BCUT2D eigenvalue weighted by atomic mass is 35.5. The molecule has 1 unspecified atom stereocenters. The smallest absolute Gasteiger partial charge is 0.251 e. The Kier molecular flexibility index (Phi) is 5.13. The number of halogens is 2. The fourth-order valence-electron chi connectivity index (χ4n) is 2.31. The predicted molar refractivity (Wildman–Crippen MR) is 103 cm³/mol. The summed E-state index contributed by atoms with van der Waals surface area (Å²) in [7, 11) is 0. The maximum absolute atomic E-state index is 12.8. The summed E-state index contributed by atoms with van der Waals surface area (Å²) in [5, 5.41) is 3.18. The first-order valence-electron chi connectivity index (χ1n) is 7.20. The van der Waals surface area contributed by atoms with Crippen LogP contribution >= 0.6 is 35.4 Å². The number of para-hydroxylation sites is 1. The number of aliphatic imine (C=N–C) groups is 1. The van der Waals surface area contributed by atoms with E-state index in [2.05, 4.69) is 10.3 Å². The molecule has 0 aliphatic carbocycles. The number of nitrogens with zero attached hydrogens (tertiary/aromatic N) is 2. The Morgan fingerprint density at radius 2 is 1.72 bits per heavy atom. The molecule has 1 heterocycles. The van der Waals surface area contributed by atoms with Gasteiger partial charge in [0.2, 0.25) is 5.91 Å². The quantitative estimate of drug-likeness (QED) is 0.492. The Morgan fingerprint density at radius 1 is 1.08 bits per heavy atom. The topological polar surface area (TPSA) is 61.8 Å². The lowest BCUT2D eigenvalue weighted by Crippen LogP contribution is -2.58. The van der Waals surface area contributed by atoms with E-state index < -0.39 is 17.7 Å². The zero-order valence-corrected chi connectivity index (χ0v) is 15.0. The summed E-state index contributed by atoms with van der Waals surface area (Å²) in [5.74, 6) is -2.16. The van der Waals surface area contributed by atoms with Crippen LogP contribution in [0.2, 0.25) is 10.0 Å². The maximum Gasteiger partial charge on any atom is 0.251 e. The number of hydrogen-bond donors (Lipinski definition) is 1. The van der Waals surface area contributed by atoms with Crippen molar-refractivity contribution in [2.45, 2.75) is 0 Å².